The maximum atomic E-state index is 6.10. The molecule has 0 bridgehead atoms. The number of hydrogen-bond donors (Lipinski definition) is 0. The van der Waals surface area contributed by atoms with Crippen LogP contribution in [0.15, 0.2) is 18.2 Å². The number of likely N-dealkylation sites (tertiary alicyclic amines) is 1. The van der Waals surface area contributed by atoms with E-state index in [1.165, 1.54) is 36.2 Å². The summed E-state index contributed by atoms with van der Waals surface area (Å²) in [5.74, 6) is 0.748. The van der Waals surface area contributed by atoms with Gasteiger partial charge in [0.05, 0.1) is 12.7 Å². The zero-order valence-corrected chi connectivity index (χ0v) is 13.5. The summed E-state index contributed by atoms with van der Waals surface area (Å²) in [5.41, 5.74) is 4.15. The quantitative estimate of drug-likeness (QED) is 0.783. The third kappa shape index (κ3) is 4.32. The zero-order chi connectivity index (χ0) is 14.5. The number of ether oxygens (including phenoxy) is 1. The lowest BCUT2D eigenvalue weighted by atomic mass is 10.0. The van der Waals surface area contributed by atoms with Crippen LogP contribution < -0.4 is 0 Å². The summed E-state index contributed by atoms with van der Waals surface area (Å²) in [6.07, 6.45) is 2.70. The molecule has 1 heterocycles. The minimum atomic E-state index is 0.417. The van der Waals surface area contributed by atoms with E-state index in [0.29, 0.717) is 6.10 Å². The molecule has 1 aliphatic rings. The molecule has 1 fully saturated rings. The van der Waals surface area contributed by atoms with Crippen LogP contribution in [0, 0.1) is 12.8 Å². The maximum absolute atomic E-state index is 6.10. The van der Waals surface area contributed by atoms with Gasteiger partial charge in [0.1, 0.15) is 0 Å². The van der Waals surface area contributed by atoms with Crippen LogP contribution in [-0.2, 0) is 17.8 Å². The van der Waals surface area contributed by atoms with Crippen LogP contribution in [0.3, 0.4) is 0 Å². The van der Waals surface area contributed by atoms with Crippen molar-refractivity contribution in [1.29, 1.82) is 0 Å². The number of benzene rings is 1. The second kappa shape index (κ2) is 7.24. The average Bonchev–Trinajstić information content (AvgIpc) is 2.84. The highest BCUT2D eigenvalue weighted by Crippen LogP contribution is 2.18. The van der Waals surface area contributed by atoms with Gasteiger partial charge in [-0.15, -0.1) is 0 Å². The fourth-order valence-electron chi connectivity index (χ4n) is 3.02. The first kappa shape index (κ1) is 15.5. The molecule has 1 aromatic carbocycles. The average molecular weight is 275 g/mol. The number of aryl methyl sites for hydroxylation is 2. The lowest BCUT2D eigenvalue weighted by Gasteiger charge is -2.18. The van der Waals surface area contributed by atoms with Crippen LogP contribution in [0.5, 0.6) is 0 Å². The van der Waals surface area contributed by atoms with Crippen LogP contribution in [0.1, 0.15) is 43.9 Å². The van der Waals surface area contributed by atoms with Crippen LogP contribution in [0.2, 0.25) is 0 Å². The summed E-state index contributed by atoms with van der Waals surface area (Å²) < 4.78 is 6.10. The highest BCUT2D eigenvalue weighted by Gasteiger charge is 2.23. The summed E-state index contributed by atoms with van der Waals surface area (Å²) >= 11 is 0. The first-order chi connectivity index (χ1) is 9.58. The Labute approximate surface area is 124 Å². The van der Waals surface area contributed by atoms with Crippen molar-refractivity contribution < 1.29 is 4.74 Å². The van der Waals surface area contributed by atoms with Crippen LogP contribution in [0.25, 0.3) is 0 Å². The Kier molecular flexibility index (Phi) is 5.62. The van der Waals surface area contributed by atoms with E-state index in [1.54, 1.807) is 0 Å². The Morgan fingerprint density at radius 3 is 2.85 bits per heavy atom. The van der Waals surface area contributed by atoms with Gasteiger partial charge in [-0.1, -0.05) is 39.0 Å². The first-order valence-corrected chi connectivity index (χ1v) is 8.00. The van der Waals surface area contributed by atoms with E-state index in [0.717, 1.165) is 25.5 Å². The molecular weight excluding hydrogens is 246 g/mol. The van der Waals surface area contributed by atoms with E-state index < -0.39 is 0 Å². The number of hydrogen-bond acceptors (Lipinski definition) is 2. The first-order valence-electron chi connectivity index (χ1n) is 8.00. The molecule has 1 aliphatic heterocycles. The lowest BCUT2D eigenvalue weighted by Crippen LogP contribution is -2.27. The SMILES string of the molecule is CCc1cc(CO[C@@H]2CCN(CC(C)C)C2)ccc1C. The van der Waals surface area contributed by atoms with Gasteiger partial charge in [0, 0.05) is 19.6 Å². The Morgan fingerprint density at radius 1 is 1.35 bits per heavy atom. The highest BCUT2D eigenvalue weighted by atomic mass is 16.5. The summed E-state index contributed by atoms with van der Waals surface area (Å²) in [7, 11) is 0. The van der Waals surface area contributed by atoms with Crippen molar-refractivity contribution in [2.75, 3.05) is 19.6 Å². The Morgan fingerprint density at radius 2 is 2.15 bits per heavy atom. The number of nitrogens with zero attached hydrogens (tertiary/aromatic N) is 1. The molecule has 20 heavy (non-hydrogen) atoms. The fourth-order valence-corrected chi connectivity index (χ4v) is 3.02. The molecule has 0 aromatic heterocycles. The van der Waals surface area contributed by atoms with Crippen molar-refractivity contribution in [2.45, 2.75) is 53.2 Å². The Hall–Kier alpha value is -0.860. The molecule has 0 unspecified atom stereocenters. The fraction of sp³-hybridized carbons (Fsp3) is 0.667. The van der Waals surface area contributed by atoms with E-state index in [-0.39, 0.29) is 0 Å². The molecule has 1 saturated heterocycles. The minimum absolute atomic E-state index is 0.417. The Bertz CT molecular complexity index is 427. The molecule has 112 valence electrons. The minimum Gasteiger partial charge on any atom is -0.372 e. The number of rotatable bonds is 6. The van der Waals surface area contributed by atoms with Gasteiger partial charge in [0.2, 0.25) is 0 Å². The third-order valence-electron chi connectivity index (χ3n) is 4.13. The van der Waals surface area contributed by atoms with Crippen molar-refractivity contribution in [2.24, 2.45) is 5.92 Å². The zero-order valence-electron chi connectivity index (χ0n) is 13.5. The molecular formula is C18H29NO. The second-order valence-electron chi connectivity index (χ2n) is 6.49. The van der Waals surface area contributed by atoms with Gasteiger partial charge in [-0.2, -0.15) is 0 Å². The van der Waals surface area contributed by atoms with E-state index in [2.05, 4.69) is 50.8 Å². The van der Waals surface area contributed by atoms with Crippen molar-refractivity contribution in [3.63, 3.8) is 0 Å². The van der Waals surface area contributed by atoms with Gasteiger partial charge in [0.15, 0.2) is 0 Å². The molecule has 2 rings (SSSR count). The van der Waals surface area contributed by atoms with E-state index in [9.17, 15) is 0 Å². The van der Waals surface area contributed by atoms with Gasteiger partial charge >= 0.3 is 0 Å². The Balaban J connectivity index is 1.81. The van der Waals surface area contributed by atoms with Crippen LogP contribution in [0.4, 0.5) is 0 Å². The largest absolute Gasteiger partial charge is 0.372 e. The van der Waals surface area contributed by atoms with Gasteiger partial charge < -0.3 is 9.64 Å². The van der Waals surface area contributed by atoms with Crippen LogP contribution in [-0.4, -0.2) is 30.6 Å². The molecule has 1 atom stereocenters. The summed E-state index contributed by atoms with van der Waals surface area (Å²) in [6.45, 7) is 13.2. The van der Waals surface area contributed by atoms with E-state index in [1.807, 2.05) is 0 Å². The molecule has 0 amide bonds. The molecule has 0 spiro atoms. The molecule has 0 saturated carbocycles. The maximum Gasteiger partial charge on any atom is 0.0721 e. The predicted molar refractivity (Wildman–Crippen MR) is 85.0 cm³/mol. The molecule has 0 aliphatic carbocycles. The molecule has 1 aromatic rings. The van der Waals surface area contributed by atoms with Gasteiger partial charge in [0.25, 0.3) is 0 Å². The molecule has 2 heteroatoms. The molecule has 0 N–H and O–H groups in total. The topological polar surface area (TPSA) is 12.5 Å². The van der Waals surface area contributed by atoms with Gasteiger partial charge in [-0.3, -0.25) is 0 Å². The van der Waals surface area contributed by atoms with Gasteiger partial charge in [-0.25, -0.2) is 0 Å². The normalized spacial score (nSPS) is 19.9. The van der Waals surface area contributed by atoms with Crippen molar-refractivity contribution in [3.05, 3.63) is 34.9 Å². The lowest BCUT2D eigenvalue weighted by molar-refractivity contribution is 0.0459. The summed E-state index contributed by atoms with van der Waals surface area (Å²) in [4.78, 5) is 2.53. The monoisotopic (exact) mass is 275 g/mol. The van der Waals surface area contributed by atoms with Crippen molar-refractivity contribution in [3.8, 4) is 0 Å². The third-order valence-corrected chi connectivity index (χ3v) is 4.13. The van der Waals surface area contributed by atoms with E-state index >= 15 is 0 Å². The smallest absolute Gasteiger partial charge is 0.0721 e. The van der Waals surface area contributed by atoms with Gasteiger partial charge in [-0.05, 0) is 42.4 Å². The van der Waals surface area contributed by atoms with E-state index in [4.69, 9.17) is 4.74 Å². The molecule has 0 radical (unpaired) electrons. The summed E-state index contributed by atoms with van der Waals surface area (Å²) in [6, 6.07) is 6.72. The predicted octanol–water partition coefficient (Wildman–Crippen LogP) is 3.80. The second-order valence-corrected chi connectivity index (χ2v) is 6.49. The molecule has 2 nitrogen and oxygen atoms in total. The van der Waals surface area contributed by atoms with Crippen molar-refractivity contribution >= 4 is 0 Å². The standard InChI is InChI=1S/C18H29NO/c1-5-17-10-16(7-6-15(17)4)13-20-18-8-9-19(12-18)11-14(2)3/h6-7,10,14,18H,5,8-9,11-13H2,1-4H3/t18-/m1/s1. The van der Waals surface area contributed by atoms with Crippen molar-refractivity contribution in [1.82, 2.24) is 4.90 Å². The highest BCUT2D eigenvalue weighted by molar-refractivity contribution is 5.30. The van der Waals surface area contributed by atoms with Crippen LogP contribution >= 0.6 is 0 Å². The summed E-state index contributed by atoms with van der Waals surface area (Å²) in [5, 5.41) is 0.